The average molecular weight is 260 g/mol. The summed E-state index contributed by atoms with van der Waals surface area (Å²) in [5.74, 6) is 0. The van der Waals surface area contributed by atoms with Crippen molar-refractivity contribution in [2.75, 3.05) is 18.5 Å². The van der Waals surface area contributed by atoms with Crippen molar-refractivity contribution in [3.05, 3.63) is 6.20 Å². The van der Waals surface area contributed by atoms with Crippen LogP contribution in [0, 0.1) is 0 Å². The molecule has 1 aromatic heterocycles. The number of carbonyl (C=O) groups excluding carboxylic acids is 1. The van der Waals surface area contributed by atoms with E-state index in [1.54, 1.807) is 20.8 Å². The number of aliphatic hydroxyl groups excluding tert-OH is 1. The van der Waals surface area contributed by atoms with Gasteiger partial charge in [0.15, 0.2) is 0 Å². The Morgan fingerprint density at radius 1 is 1.59 bits per heavy atom. The van der Waals surface area contributed by atoms with Crippen molar-refractivity contribution in [2.24, 2.45) is 0 Å². The van der Waals surface area contributed by atoms with Gasteiger partial charge in [-0.25, -0.2) is 9.78 Å². The number of rotatable bonds is 4. The molecule has 0 aliphatic rings. The molecule has 0 aliphatic carbocycles. The third-order valence-corrected chi connectivity index (χ3v) is 2.25. The van der Waals surface area contributed by atoms with E-state index in [9.17, 15) is 4.79 Å². The fourth-order valence-corrected chi connectivity index (χ4v) is 1.60. The number of aliphatic hydroxyl groups is 1. The van der Waals surface area contributed by atoms with Crippen LogP contribution < -0.4 is 10.1 Å². The van der Waals surface area contributed by atoms with Gasteiger partial charge < -0.3 is 14.6 Å². The highest BCUT2D eigenvalue weighted by Gasteiger charge is 2.17. The number of carbonyl (C=O) groups is 1. The maximum atomic E-state index is 11.4. The van der Waals surface area contributed by atoms with E-state index in [0.717, 1.165) is 0 Å². The molecule has 0 aliphatic heterocycles. The maximum absolute atomic E-state index is 11.4. The first kappa shape index (κ1) is 13.7. The molecular formula is C10H16N2O4S. The van der Waals surface area contributed by atoms with Gasteiger partial charge in [0.25, 0.3) is 5.19 Å². The summed E-state index contributed by atoms with van der Waals surface area (Å²) in [7, 11) is 0. The quantitative estimate of drug-likeness (QED) is 0.863. The zero-order valence-corrected chi connectivity index (χ0v) is 10.8. The number of anilines is 1. The van der Waals surface area contributed by atoms with Crippen LogP contribution in [-0.2, 0) is 4.74 Å². The van der Waals surface area contributed by atoms with E-state index in [0.29, 0.717) is 10.2 Å². The molecule has 0 radical (unpaired) electrons. The molecule has 0 fully saturated rings. The van der Waals surface area contributed by atoms with Gasteiger partial charge in [-0.15, -0.1) is 0 Å². The maximum Gasteiger partial charge on any atom is 0.412 e. The number of nitrogens with one attached hydrogen (secondary N) is 1. The number of thiazole rings is 1. The zero-order valence-electron chi connectivity index (χ0n) is 10.0. The minimum atomic E-state index is -0.537. The lowest BCUT2D eigenvalue weighted by atomic mass is 10.2. The molecule has 1 aromatic rings. The average Bonchev–Trinajstić information content (AvgIpc) is 2.59. The van der Waals surface area contributed by atoms with Crippen LogP contribution in [0.4, 0.5) is 9.80 Å². The Labute approximate surface area is 104 Å². The van der Waals surface area contributed by atoms with Gasteiger partial charge in [0.1, 0.15) is 17.2 Å². The summed E-state index contributed by atoms with van der Waals surface area (Å²) >= 11 is 1.17. The van der Waals surface area contributed by atoms with E-state index in [1.165, 1.54) is 17.5 Å². The molecule has 0 saturated carbocycles. The summed E-state index contributed by atoms with van der Waals surface area (Å²) in [6.45, 7) is 5.47. The summed E-state index contributed by atoms with van der Waals surface area (Å²) in [6, 6.07) is 0. The Bertz CT molecular complexity index is 373. The van der Waals surface area contributed by atoms with Gasteiger partial charge in [-0.3, -0.25) is 5.32 Å². The Balaban J connectivity index is 2.46. The molecular weight excluding hydrogens is 244 g/mol. The minimum absolute atomic E-state index is 0.0750. The number of amides is 1. The van der Waals surface area contributed by atoms with Crippen molar-refractivity contribution in [2.45, 2.75) is 26.4 Å². The van der Waals surface area contributed by atoms with Crippen LogP contribution in [0.2, 0.25) is 0 Å². The third kappa shape index (κ3) is 5.50. The standard InChI is InChI=1S/C10H16N2O4S/c1-10(2,3)16-8(14)12-7-6-11-9(17-7)15-5-4-13/h6,13H,4-5H2,1-3H3,(H,12,14). The van der Waals surface area contributed by atoms with Crippen LogP contribution in [0.15, 0.2) is 6.20 Å². The number of nitrogens with zero attached hydrogens (tertiary/aromatic N) is 1. The van der Waals surface area contributed by atoms with E-state index >= 15 is 0 Å². The molecule has 0 atom stereocenters. The normalized spacial score (nSPS) is 11.1. The number of hydrogen-bond donors (Lipinski definition) is 2. The van der Waals surface area contributed by atoms with E-state index in [1.807, 2.05) is 0 Å². The zero-order chi connectivity index (χ0) is 12.9. The van der Waals surface area contributed by atoms with Crippen LogP contribution in [0.1, 0.15) is 20.8 Å². The van der Waals surface area contributed by atoms with Crippen LogP contribution in [0.5, 0.6) is 5.19 Å². The summed E-state index contributed by atoms with van der Waals surface area (Å²) in [5.41, 5.74) is -0.537. The van der Waals surface area contributed by atoms with E-state index < -0.39 is 11.7 Å². The highest BCUT2D eigenvalue weighted by Crippen LogP contribution is 2.25. The van der Waals surface area contributed by atoms with Gasteiger partial charge in [0, 0.05) is 0 Å². The van der Waals surface area contributed by atoms with Crippen molar-refractivity contribution in [3.8, 4) is 5.19 Å². The molecule has 7 heteroatoms. The highest BCUT2D eigenvalue weighted by atomic mass is 32.1. The molecule has 0 spiro atoms. The molecule has 0 saturated heterocycles. The summed E-state index contributed by atoms with van der Waals surface area (Å²) in [4.78, 5) is 15.3. The van der Waals surface area contributed by atoms with Crippen LogP contribution in [0.25, 0.3) is 0 Å². The lowest BCUT2D eigenvalue weighted by molar-refractivity contribution is 0.0636. The minimum Gasteiger partial charge on any atom is -0.468 e. The fourth-order valence-electron chi connectivity index (χ4n) is 0.920. The lowest BCUT2D eigenvalue weighted by Gasteiger charge is -2.19. The first-order chi connectivity index (χ1) is 7.90. The number of ether oxygens (including phenoxy) is 2. The summed E-state index contributed by atoms with van der Waals surface area (Å²) < 4.78 is 10.2. The smallest absolute Gasteiger partial charge is 0.412 e. The second-order valence-electron chi connectivity index (χ2n) is 4.19. The molecule has 0 unspecified atom stereocenters. The monoisotopic (exact) mass is 260 g/mol. The van der Waals surface area contributed by atoms with Crippen molar-refractivity contribution in [3.63, 3.8) is 0 Å². The largest absolute Gasteiger partial charge is 0.468 e. The molecule has 1 heterocycles. The van der Waals surface area contributed by atoms with Crippen molar-refractivity contribution < 1.29 is 19.4 Å². The lowest BCUT2D eigenvalue weighted by Crippen LogP contribution is -2.26. The van der Waals surface area contributed by atoms with Gasteiger partial charge in [-0.1, -0.05) is 11.3 Å². The molecule has 1 rings (SSSR count). The second kappa shape index (κ2) is 5.83. The predicted molar refractivity (Wildman–Crippen MR) is 64.6 cm³/mol. The molecule has 17 heavy (non-hydrogen) atoms. The van der Waals surface area contributed by atoms with Gasteiger partial charge in [0.2, 0.25) is 0 Å². The Kier molecular flexibility index (Phi) is 4.71. The molecule has 0 aromatic carbocycles. The van der Waals surface area contributed by atoms with Gasteiger partial charge >= 0.3 is 6.09 Å². The van der Waals surface area contributed by atoms with Crippen molar-refractivity contribution in [1.29, 1.82) is 0 Å². The van der Waals surface area contributed by atoms with E-state index in [2.05, 4.69) is 10.3 Å². The van der Waals surface area contributed by atoms with Crippen LogP contribution >= 0.6 is 11.3 Å². The van der Waals surface area contributed by atoms with Crippen molar-refractivity contribution >= 4 is 22.4 Å². The number of hydrogen-bond acceptors (Lipinski definition) is 6. The highest BCUT2D eigenvalue weighted by molar-refractivity contribution is 7.17. The predicted octanol–water partition coefficient (Wildman–Crippen LogP) is 1.86. The summed E-state index contributed by atoms with van der Waals surface area (Å²) in [6.07, 6.45) is 0.941. The molecule has 0 bridgehead atoms. The van der Waals surface area contributed by atoms with Gasteiger partial charge in [0.05, 0.1) is 12.8 Å². The third-order valence-electron chi connectivity index (χ3n) is 1.43. The molecule has 96 valence electrons. The van der Waals surface area contributed by atoms with Gasteiger partial charge in [-0.2, -0.15) is 0 Å². The van der Waals surface area contributed by atoms with Crippen LogP contribution in [-0.4, -0.2) is 35.0 Å². The van der Waals surface area contributed by atoms with Gasteiger partial charge in [-0.05, 0) is 20.8 Å². The summed E-state index contributed by atoms with van der Waals surface area (Å²) in [5, 5.41) is 12.0. The first-order valence-corrected chi connectivity index (χ1v) is 5.92. The Morgan fingerprint density at radius 2 is 2.29 bits per heavy atom. The Hall–Kier alpha value is -1.34. The fraction of sp³-hybridized carbons (Fsp3) is 0.600. The van der Waals surface area contributed by atoms with E-state index in [-0.39, 0.29) is 13.2 Å². The number of aromatic nitrogens is 1. The van der Waals surface area contributed by atoms with Crippen molar-refractivity contribution in [1.82, 2.24) is 4.98 Å². The second-order valence-corrected chi connectivity index (χ2v) is 5.18. The molecule has 1 amide bonds. The SMILES string of the molecule is CC(C)(C)OC(=O)Nc1cnc(OCCO)s1. The van der Waals surface area contributed by atoms with Crippen LogP contribution in [0.3, 0.4) is 0 Å². The Morgan fingerprint density at radius 3 is 2.88 bits per heavy atom. The molecule has 2 N–H and O–H groups in total. The first-order valence-electron chi connectivity index (χ1n) is 5.10. The molecule has 6 nitrogen and oxygen atoms in total. The topological polar surface area (TPSA) is 80.7 Å². The van der Waals surface area contributed by atoms with E-state index in [4.69, 9.17) is 14.6 Å².